The van der Waals surface area contributed by atoms with Crippen LogP contribution >= 0.6 is 11.8 Å². The van der Waals surface area contributed by atoms with Gasteiger partial charge in [0.25, 0.3) is 0 Å². The van der Waals surface area contributed by atoms with E-state index >= 15 is 0 Å². The molecule has 9 heteroatoms. The predicted molar refractivity (Wildman–Crippen MR) is 113 cm³/mol. The number of benzene rings is 1. The van der Waals surface area contributed by atoms with E-state index in [2.05, 4.69) is 15.5 Å². The first kappa shape index (κ1) is 20.2. The van der Waals surface area contributed by atoms with Crippen LogP contribution in [0.4, 0.5) is 0 Å². The van der Waals surface area contributed by atoms with E-state index in [1.807, 2.05) is 41.0 Å². The van der Waals surface area contributed by atoms with Gasteiger partial charge >= 0.3 is 0 Å². The van der Waals surface area contributed by atoms with Crippen LogP contribution in [-0.2, 0) is 16.1 Å². The minimum absolute atomic E-state index is 0.0294. The van der Waals surface area contributed by atoms with Crippen molar-refractivity contribution in [2.45, 2.75) is 24.5 Å². The normalized spacial score (nSPS) is 13.5. The Morgan fingerprint density at radius 1 is 1.07 bits per heavy atom. The van der Waals surface area contributed by atoms with Crippen LogP contribution in [0.1, 0.15) is 18.4 Å². The number of rotatable bonds is 8. The number of carbonyl (C=O) groups is 2. The fraction of sp³-hybridized carbons (Fsp3) is 0.333. The third-order valence-electron chi connectivity index (χ3n) is 4.87. The van der Waals surface area contributed by atoms with Gasteiger partial charge in [-0.05, 0) is 30.5 Å². The summed E-state index contributed by atoms with van der Waals surface area (Å²) in [7, 11) is 0. The third-order valence-corrected chi connectivity index (χ3v) is 5.84. The van der Waals surface area contributed by atoms with E-state index in [1.165, 1.54) is 11.8 Å². The molecule has 1 N–H and O–H groups in total. The Kier molecular flexibility index (Phi) is 6.48. The second-order valence-corrected chi connectivity index (χ2v) is 7.95. The predicted octanol–water partition coefficient (Wildman–Crippen LogP) is 2.42. The van der Waals surface area contributed by atoms with E-state index in [1.54, 1.807) is 17.2 Å². The van der Waals surface area contributed by atoms with Crippen LogP contribution in [0.2, 0.25) is 0 Å². The zero-order valence-electron chi connectivity index (χ0n) is 16.5. The lowest BCUT2D eigenvalue weighted by molar-refractivity contribution is -0.131. The molecular weight excluding hydrogens is 402 g/mol. The van der Waals surface area contributed by atoms with Gasteiger partial charge in [-0.3, -0.25) is 14.2 Å². The van der Waals surface area contributed by atoms with Gasteiger partial charge in [0.1, 0.15) is 0 Å². The molecular formula is C21H23N5O3S. The highest BCUT2D eigenvalue weighted by atomic mass is 32.2. The van der Waals surface area contributed by atoms with Gasteiger partial charge in [-0.2, -0.15) is 0 Å². The van der Waals surface area contributed by atoms with Crippen LogP contribution in [0, 0.1) is 0 Å². The molecule has 2 aromatic heterocycles. The lowest BCUT2D eigenvalue weighted by atomic mass is 10.2. The SMILES string of the molecule is O=C(CSc1nnc(-c2ccco2)n1Cc1ccccc1)NCC(=O)N1CCCC1. The fourth-order valence-electron chi connectivity index (χ4n) is 3.33. The molecule has 0 spiro atoms. The molecule has 3 aromatic rings. The average Bonchev–Trinajstić information content (AvgIpc) is 3.53. The zero-order chi connectivity index (χ0) is 20.8. The van der Waals surface area contributed by atoms with E-state index in [9.17, 15) is 9.59 Å². The highest BCUT2D eigenvalue weighted by molar-refractivity contribution is 7.99. The van der Waals surface area contributed by atoms with E-state index in [0.29, 0.717) is 23.3 Å². The molecule has 1 fully saturated rings. The maximum absolute atomic E-state index is 12.3. The second kappa shape index (κ2) is 9.62. The molecule has 3 heterocycles. The summed E-state index contributed by atoms with van der Waals surface area (Å²) in [6, 6.07) is 13.6. The van der Waals surface area contributed by atoms with Gasteiger partial charge in [-0.25, -0.2) is 0 Å². The molecule has 0 atom stereocenters. The molecule has 1 aliphatic heterocycles. The Balaban J connectivity index is 1.40. The summed E-state index contributed by atoms with van der Waals surface area (Å²) in [6.45, 7) is 2.15. The first-order valence-electron chi connectivity index (χ1n) is 9.89. The van der Waals surface area contributed by atoms with Crippen LogP contribution in [0.25, 0.3) is 11.6 Å². The first-order chi connectivity index (χ1) is 14.7. The Hall–Kier alpha value is -3.07. The van der Waals surface area contributed by atoms with Crippen LogP contribution in [0.15, 0.2) is 58.3 Å². The number of nitrogens with zero attached hydrogens (tertiary/aromatic N) is 4. The number of hydrogen-bond acceptors (Lipinski definition) is 6. The zero-order valence-corrected chi connectivity index (χ0v) is 17.3. The maximum Gasteiger partial charge on any atom is 0.241 e. The van der Waals surface area contributed by atoms with Crippen molar-refractivity contribution in [2.75, 3.05) is 25.4 Å². The molecule has 30 heavy (non-hydrogen) atoms. The van der Waals surface area contributed by atoms with Crippen LogP contribution in [-0.4, -0.2) is 56.9 Å². The Morgan fingerprint density at radius 2 is 1.87 bits per heavy atom. The van der Waals surface area contributed by atoms with Gasteiger partial charge in [0.05, 0.1) is 25.1 Å². The largest absolute Gasteiger partial charge is 0.461 e. The summed E-state index contributed by atoms with van der Waals surface area (Å²) in [5.74, 6) is 1.14. The Bertz CT molecular complexity index is 982. The van der Waals surface area contributed by atoms with E-state index < -0.39 is 0 Å². The van der Waals surface area contributed by atoms with E-state index in [4.69, 9.17) is 4.42 Å². The van der Waals surface area contributed by atoms with Crippen LogP contribution < -0.4 is 5.32 Å². The van der Waals surface area contributed by atoms with Crippen molar-refractivity contribution < 1.29 is 14.0 Å². The molecule has 1 saturated heterocycles. The minimum Gasteiger partial charge on any atom is -0.461 e. The lowest BCUT2D eigenvalue weighted by Gasteiger charge is -2.15. The number of furan rings is 1. The Labute approximate surface area is 178 Å². The monoisotopic (exact) mass is 425 g/mol. The topological polar surface area (TPSA) is 93.3 Å². The summed E-state index contributed by atoms with van der Waals surface area (Å²) < 4.78 is 7.43. The summed E-state index contributed by atoms with van der Waals surface area (Å²) >= 11 is 1.29. The molecule has 0 bridgehead atoms. The van der Waals surface area contributed by atoms with Crippen molar-refractivity contribution in [3.8, 4) is 11.6 Å². The van der Waals surface area contributed by atoms with Crippen molar-refractivity contribution in [2.24, 2.45) is 0 Å². The van der Waals surface area contributed by atoms with Gasteiger partial charge < -0.3 is 14.6 Å². The number of amides is 2. The molecule has 156 valence electrons. The van der Waals surface area contributed by atoms with E-state index in [-0.39, 0.29) is 24.1 Å². The summed E-state index contributed by atoms with van der Waals surface area (Å²) in [4.78, 5) is 26.1. The second-order valence-electron chi connectivity index (χ2n) is 7.01. The van der Waals surface area contributed by atoms with Crippen LogP contribution in [0.5, 0.6) is 0 Å². The molecule has 0 saturated carbocycles. The Morgan fingerprint density at radius 3 is 2.60 bits per heavy atom. The summed E-state index contributed by atoms with van der Waals surface area (Å²) in [5.41, 5.74) is 1.09. The van der Waals surface area contributed by atoms with Crippen molar-refractivity contribution in [3.05, 3.63) is 54.3 Å². The molecule has 0 radical (unpaired) electrons. The molecule has 8 nitrogen and oxygen atoms in total. The van der Waals surface area contributed by atoms with Gasteiger partial charge in [-0.15, -0.1) is 10.2 Å². The van der Waals surface area contributed by atoms with Gasteiger partial charge in [0.15, 0.2) is 10.9 Å². The molecule has 2 amide bonds. The number of carbonyl (C=O) groups excluding carboxylic acids is 2. The number of nitrogens with one attached hydrogen (secondary N) is 1. The van der Waals surface area contributed by atoms with Gasteiger partial charge in [0.2, 0.25) is 17.6 Å². The number of thioether (sulfide) groups is 1. The van der Waals surface area contributed by atoms with Crippen molar-refractivity contribution in [3.63, 3.8) is 0 Å². The fourth-order valence-corrected chi connectivity index (χ4v) is 4.09. The average molecular weight is 426 g/mol. The molecule has 0 aliphatic carbocycles. The maximum atomic E-state index is 12.3. The van der Waals surface area contributed by atoms with Crippen molar-refractivity contribution in [1.82, 2.24) is 25.0 Å². The molecule has 1 aliphatic rings. The molecule has 0 unspecified atom stereocenters. The highest BCUT2D eigenvalue weighted by Gasteiger charge is 2.20. The number of aromatic nitrogens is 3. The van der Waals surface area contributed by atoms with Gasteiger partial charge in [-0.1, -0.05) is 42.1 Å². The highest BCUT2D eigenvalue weighted by Crippen LogP contribution is 2.25. The van der Waals surface area contributed by atoms with Crippen LogP contribution in [0.3, 0.4) is 0 Å². The smallest absolute Gasteiger partial charge is 0.241 e. The molecule has 4 rings (SSSR count). The quantitative estimate of drug-likeness (QED) is 0.557. The van der Waals surface area contributed by atoms with Crippen molar-refractivity contribution in [1.29, 1.82) is 0 Å². The first-order valence-corrected chi connectivity index (χ1v) is 10.9. The van der Waals surface area contributed by atoms with Gasteiger partial charge in [0, 0.05) is 13.1 Å². The summed E-state index contributed by atoms with van der Waals surface area (Å²) in [6.07, 6.45) is 3.66. The minimum atomic E-state index is -0.207. The standard InChI is InChI=1S/C21H23N5O3S/c27-18(22-13-19(28)25-10-4-5-11-25)15-30-21-24-23-20(17-9-6-12-29-17)26(21)14-16-7-2-1-3-8-16/h1-3,6-9,12H,4-5,10-11,13-15H2,(H,22,27). The number of likely N-dealkylation sites (tertiary alicyclic amines) is 1. The van der Waals surface area contributed by atoms with Crippen molar-refractivity contribution >= 4 is 23.6 Å². The molecule has 1 aromatic carbocycles. The number of hydrogen-bond donors (Lipinski definition) is 1. The summed E-state index contributed by atoms with van der Waals surface area (Å²) in [5, 5.41) is 11.8. The van der Waals surface area contributed by atoms with E-state index in [0.717, 1.165) is 31.5 Å². The third kappa shape index (κ3) is 4.91. The lowest BCUT2D eigenvalue weighted by Crippen LogP contribution is -2.39.